The van der Waals surface area contributed by atoms with Crippen LogP contribution in [0.5, 0.6) is 0 Å². The van der Waals surface area contributed by atoms with E-state index in [1.807, 2.05) is 0 Å². The summed E-state index contributed by atoms with van der Waals surface area (Å²) < 4.78 is 41.8. The summed E-state index contributed by atoms with van der Waals surface area (Å²) in [5.74, 6) is 0.584. The largest absolute Gasteiger partial charge is 0.447 e. The lowest BCUT2D eigenvalue weighted by atomic mass is 10.3. The molecule has 1 aliphatic heterocycles. The monoisotopic (exact) mass is 318 g/mol. The van der Waals surface area contributed by atoms with Gasteiger partial charge in [0.2, 0.25) is 5.09 Å². The summed E-state index contributed by atoms with van der Waals surface area (Å²) in [6, 6.07) is 3.05. The summed E-state index contributed by atoms with van der Waals surface area (Å²) in [7, 11) is -0.413. The Hall–Kier alpha value is -0.930. The Morgan fingerprint density at radius 1 is 1.48 bits per heavy atom. The van der Waals surface area contributed by atoms with Crippen LogP contribution in [0.15, 0.2) is 21.6 Å². The molecule has 1 saturated heterocycles. The number of nitrogens with one attached hydrogen (secondary N) is 1. The summed E-state index contributed by atoms with van der Waals surface area (Å²) in [6.07, 6.45) is 0.710. The van der Waals surface area contributed by atoms with Crippen LogP contribution in [0.4, 0.5) is 0 Å². The molecule has 0 bridgehead atoms. The molecule has 21 heavy (non-hydrogen) atoms. The molecule has 8 heteroatoms. The highest BCUT2D eigenvalue weighted by Gasteiger charge is 2.32. The maximum atomic E-state index is 12.4. The first-order chi connectivity index (χ1) is 10.1. The minimum Gasteiger partial charge on any atom is -0.447 e. The van der Waals surface area contributed by atoms with Crippen molar-refractivity contribution in [3.8, 4) is 0 Å². The van der Waals surface area contributed by atoms with Gasteiger partial charge in [0, 0.05) is 27.3 Å². The van der Waals surface area contributed by atoms with E-state index in [9.17, 15) is 8.42 Å². The summed E-state index contributed by atoms with van der Waals surface area (Å²) in [5, 5.41) is 3.08. The van der Waals surface area contributed by atoms with Crippen molar-refractivity contribution in [2.75, 3.05) is 40.5 Å². The van der Waals surface area contributed by atoms with Crippen molar-refractivity contribution in [1.82, 2.24) is 9.62 Å². The summed E-state index contributed by atoms with van der Waals surface area (Å²) in [6.45, 7) is 2.77. The Morgan fingerprint density at radius 2 is 2.29 bits per heavy atom. The van der Waals surface area contributed by atoms with E-state index in [2.05, 4.69) is 5.32 Å². The van der Waals surface area contributed by atoms with E-state index < -0.39 is 10.0 Å². The van der Waals surface area contributed by atoms with Gasteiger partial charge in [-0.05, 0) is 18.6 Å². The average molecular weight is 318 g/mol. The molecule has 7 nitrogen and oxygen atoms in total. The predicted molar refractivity (Wildman–Crippen MR) is 76.5 cm³/mol. The lowest BCUT2D eigenvalue weighted by Gasteiger charge is -2.20. The van der Waals surface area contributed by atoms with Crippen LogP contribution < -0.4 is 5.32 Å². The molecule has 1 aromatic heterocycles. The van der Waals surface area contributed by atoms with Gasteiger partial charge in [0.1, 0.15) is 5.76 Å². The fraction of sp³-hybridized carbons (Fsp3) is 0.692. The number of furan rings is 1. The second-order valence-electron chi connectivity index (χ2n) is 4.93. The first-order valence-electron chi connectivity index (χ1n) is 6.90. The first kappa shape index (κ1) is 16.4. The highest BCUT2D eigenvalue weighted by molar-refractivity contribution is 7.89. The van der Waals surface area contributed by atoms with Crippen molar-refractivity contribution >= 4 is 10.0 Å². The van der Waals surface area contributed by atoms with Crippen molar-refractivity contribution in [2.24, 2.45) is 0 Å². The van der Waals surface area contributed by atoms with Crippen molar-refractivity contribution < 1.29 is 22.3 Å². The van der Waals surface area contributed by atoms with E-state index in [0.717, 1.165) is 0 Å². The second kappa shape index (κ2) is 7.37. The van der Waals surface area contributed by atoms with Crippen LogP contribution in [0.2, 0.25) is 0 Å². The molecule has 1 fully saturated rings. The number of likely N-dealkylation sites (N-methyl/N-ethyl adjacent to an activating group) is 1. The lowest BCUT2D eigenvalue weighted by Crippen LogP contribution is -2.37. The normalized spacial score (nSPS) is 19.5. The topological polar surface area (TPSA) is 81.0 Å². The summed E-state index contributed by atoms with van der Waals surface area (Å²) in [5.41, 5.74) is 0. The molecule has 120 valence electrons. The van der Waals surface area contributed by atoms with Gasteiger partial charge >= 0.3 is 0 Å². The van der Waals surface area contributed by atoms with E-state index in [-0.39, 0.29) is 11.1 Å². The van der Waals surface area contributed by atoms with Crippen LogP contribution >= 0.6 is 0 Å². The van der Waals surface area contributed by atoms with E-state index in [1.54, 1.807) is 20.2 Å². The van der Waals surface area contributed by atoms with Crippen LogP contribution in [0.1, 0.15) is 12.2 Å². The van der Waals surface area contributed by atoms with Gasteiger partial charge in [0.25, 0.3) is 10.0 Å². The summed E-state index contributed by atoms with van der Waals surface area (Å²) in [4.78, 5) is 0. The SMILES string of the molecule is COCCNCc1ccc(S(=O)(=O)N(C)C2CCOC2)o1. The number of rotatable bonds is 8. The average Bonchev–Trinajstić information content (AvgIpc) is 3.14. The zero-order valence-corrected chi connectivity index (χ0v) is 13.2. The zero-order chi connectivity index (χ0) is 15.3. The van der Waals surface area contributed by atoms with E-state index in [4.69, 9.17) is 13.9 Å². The number of methoxy groups -OCH3 is 1. The molecule has 1 aliphatic rings. The fourth-order valence-electron chi connectivity index (χ4n) is 2.12. The molecule has 0 aliphatic carbocycles. The number of hydrogen-bond acceptors (Lipinski definition) is 6. The smallest absolute Gasteiger partial charge is 0.276 e. The molecule has 1 aromatic rings. The van der Waals surface area contributed by atoms with Gasteiger partial charge in [0.05, 0.1) is 25.8 Å². The molecule has 1 N–H and O–H groups in total. The number of nitrogens with zero attached hydrogens (tertiary/aromatic N) is 1. The molecule has 0 aromatic carbocycles. The fourth-order valence-corrected chi connectivity index (χ4v) is 3.42. The Labute approximate surface area is 125 Å². The molecular formula is C13H22N2O5S. The molecule has 0 amide bonds. The molecule has 2 heterocycles. The van der Waals surface area contributed by atoms with Crippen molar-refractivity contribution in [3.05, 3.63) is 17.9 Å². The second-order valence-corrected chi connectivity index (χ2v) is 6.86. The van der Waals surface area contributed by atoms with Crippen molar-refractivity contribution in [1.29, 1.82) is 0 Å². The third-order valence-electron chi connectivity index (χ3n) is 3.47. The summed E-state index contributed by atoms with van der Waals surface area (Å²) >= 11 is 0. The third-order valence-corrected chi connectivity index (χ3v) is 5.26. The highest BCUT2D eigenvalue weighted by Crippen LogP contribution is 2.22. The van der Waals surface area contributed by atoms with Gasteiger partial charge < -0.3 is 19.2 Å². The molecule has 0 spiro atoms. The van der Waals surface area contributed by atoms with Crippen LogP contribution in [0.25, 0.3) is 0 Å². The predicted octanol–water partition coefficient (Wildman–Crippen LogP) is 0.425. The third kappa shape index (κ3) is 4.04. The maximum absolute atomic E-state index is 12.4. The number of ether oxygens (including phenoxy) is 2. The van der Waals surface area contributed by atoms with Crippen LogP contribution in [-0.4, -0.2) is 59.3 Å². The Kier molecular flexibility index (Phi) is 5.77. The molecule has 0 radical (unpaired) electrons. The van der Waals surface area contributed by atoms with Gasteiger partial charge in [-0.1, -0.05) is 0 Å². The van der Waals surface area contributed by atoms with E-state index in [0.29, 0.717) is 45.1 Å². The maximum Gasteiger partial charge on any atom is 0.276 e. The van der Waals surface area contributed by atoms with Gasteiger partial charge in [0.15, 0.2) is 0 Å². The molecule has 0 saturated carbocycles. The quantitative estimate of drug-likeness (QED) is 0.700. The Morgan fingerprint density at radius 3 is 2.95 bits per heavy atom. The van der Waals surface area contributed by atoms with E-state index >= 15 is 0 Å². The minimum absolute atomic E-state index is 0.0274. The molecule has 1 atom stereocenters. The van der Waals surface area contributed by atoms with Crippen LogP contribution in [-0.2, 0) is 26.0 Å². The van der Waals surface area contributed by atoms with Gasteiger partial charge in [-0.3, -0.25) is 0 Å². The number of hydrogen-bond donors (Lipinski definition) is 1. The van der Waals surface area contributed by atoms with Crippen molar-refractivity contribution in [3.63, 3.8) is 0 Å². The molecular weight excluding hydrogens is 296 g/mol. The lowest BCUT2D eigenvalue weighted by molar-refractivity contribution is 0.180. The van der Waals surface area contributed by atoms with Crippen LogP contribution in [0, 0.1) is 0 Å². The molecule has 2 rings (SSSR count). The Balaban J connectivity index is 1.98. The van der Waals surface area contributed by atoms with Crippen molar-refractivity contribution in [2.45, 2.75) is 24.1 Å². The highest BCUT2D eigenvalue weighted by atomic mass is 32.2. The van der Waals surface area contributed by atoms with Gasteiger partial charge in [-0.15, -0.1) is 0 Å². The number of sulfonamides is 1. The minimum atomic E-state index is -3.60. The zero-order valence-electron chi connectivity index (χ0n) is 12.4. The van der Waals surface area contributed by atoms with Crippen LogP contribution in [0.3, 0.4) is 0 Å². The Bertz CT molecular complexity index is 537. The van der Waals surface area contributed by atoms with E-state index in [1.165, 1.54) is 10.4 Å². The van der Waals surface area contributed by atoms with Gasteiger partial charge in [-0.2, -0.15) is 4.31 Å². The standard InChI is InChI=1S/C13H22N2O5S/c1-15(11-5-7-19-10-11)21(16,17)13-4-3-12(20-13)9-14-6-8-18-2/h3-4,11,14H,5-10H2,1-2H3. The molecule has 1 unspecified atom stereocenters. The first-order valence-corrected chi connectivity index (χ1v) is 8.34. The van der Waals surface area contributed by atoms with Gasteiger partial charge in [-0.25, -0.2) is 8.42 Å².